The standard InChI is InChI=1S/C19H16BrNO4S2/c20-16-9-11-17(12-10-16)26(22,23)18-7-4-8-19(13-18)27(24,25)21-14-15-5-2-1-3-6-15/h1-13,21H,14H2. The Kier molecular flexibility index (Phi) is 5.81. The molecule has 0 radical (unpaired) electrons. The predicted molar refractivity (Wildman–Crippen MR) is 107 cm³/mol. The Morgan fingerprint density at radius 3 is 2.00 bits per heavy atom. The highest BCUT2D eigenvalue weighted by Crippen LogP contribution is 2.24. The third-order valence-corrected chi connectivity index (χ3v) is 7.55. The molecule has 0 aliphatic rings. The van der Waals surface area contributed by atoms with Crippen molar-refractivity contribution in [2.45, 2.75) is 21.2 Å². The Balaban J connectivity index is 1.89. The van der Waals surface area contributed by atoms with E-state index in [-0.39, 0.29) is 21.2 Å². The van der Waals surface area contributed by atoms with Gasteiger partial charge in [-0.05, 0) is 48.0 Å². The molecule has 0 aliphatic carbocycles. The smallest absolute Gasteiger partial charge is 0.219 e. The SMILES string of the molecule is O=S(=O)(NCc1ccccc1)c1cccc(S(=O)(=O)c2ccc(Br)cc2)c1. The maximum absolute atomic E-state index is 12.8. The number of hydrogen-bond acceptors (Lipinski definition) is 4. The van der Waals surface area contributed by atoms with Crippen molar-refractivity contribution < 1.29 is 16.8 Å². The van der Waals surface area contributed by atoms with Crippen LogP contribution < -0.4 is 4.72 Å². The van der Waals surface area contributed by atoms with Gasteiger partial charge in [-0.25, -0.2) is 21.6 Å². The van der Waals surface area contributed by atoms with Crippen molar-refractivity contribution in [1.29, 1.82) is 0 Å². The average Bonchev–Trinajstić information content (AvgIpc) is 2.68. The summed E-state index contributed by atoms with van der Waals surface area (Å²) in [7, 11) is -7.67. The second-order valence-electron chi connectivity index (χ2n) is 5.74. The van der Waals surface area contributed by atoms with Gasteiger partial charge in [-0.1, -0.05) is 52.3 Å². The topological polar surface area (TPSA) is 80.3 Å². The minimum Gasteiger partial charge on any atom is -0.219 e. The summed E-state index contributed by atoms with van der Waals surface area (Å²) >= 11 is 3.26. The number of rotatable bonds is 6. The predicted octanol–water partition coefficient (Wildman–Crippen LogP) is 3.76. The molecule has 8 heteroatoms. The Morgan fingerprint density at radius 2 is 1.33 bits per heavy atom. The van der Waals surface area contributed by atoms with Gasteiger partial charge < -0.3 is 0 Å². The van der Waals surface area contributed by atoms with Crippen LogP contribution in [0.4, 0.5) is 0 Å². The van der Waals surface area contributed by atoms with Crippen LogP contribution in [0.2, 0.25) is 0 Å². The summed E-state index contributed by atoms with van der Waals surface area (Å²) in [5.41, 5.74) is 0.805. The van der Waals surface area contributed by atoms with Gasteiger partial charge >= 0.3 is 0 Å². The molecule has 27 heavy (non-hydrogen) atoms. The van der Waals surface area contributed by atoms with Crippen molar-refractivity contribution in [2.24, 2.45) is 0 Å². The van der Waals surface area contributed by atoms with Crippen LogP contribution in [-0.4, -0.2) is 16.8 Å². The van der Waals surface area contributed by atoms with Gasteiger partial charge in [-0.15, -0.1) is 0 Å². The van der Waals surface area contributed by atoms with Gasteiger partial charge in [-0.3, -0.25) is 0 Å². The second-order valence-corrected chi connectivity index (χ2v) is 10.4. The highest BCUT2D eigenvalue weighted by molar-refractivity contribution is 9.10. The van der Waals surface area contributed by atoms with Crippen LogP contribution in [0.5, 0.6) is 0 Å². The molecule has 3 rings (SSSR count). The summed E-state index contributed by atoms with van der Waals surface area (Å²) < 4.78 is 53.9. The highest BCUT2D eigenvalue weighted by atomic mass is 79.9. The lowest BCUT2D eigenvalue weighted by Crippen LogP contribution is -2.23. The quantitative estimate of drug-likeness (QED) is 0.600. The zero-order valence-corrected chi connectivity index (χ0v) is 17.3. The van der Waals surface area contributed by atoms with Crippen LogP contribution in [0.3, 0.4) is 0 Å². The molecule has 3 aromatic carbocycles. The Bertz CT molecular complexity index is 1140. The summed E-state index contributed by atoms with van der Waals surface area (Å²) in [6.45, 7) is 0.118. The molecule has 0 heterocycles. The summed E-state index contributed by atoms with van der Waals surface area (Å²) in [5, 5.41) is 0. The minimum absolute atomic E-state index is 0.0765. The Hall–Kier alpha value is -2.00. The van der Waals surface area contributed by atoms with Crippen LogP contribution in [-0.2, 0) is 26.4 Å². The molecule has 140 valence electrons. The molecule has 5 nitrogen and oxygen atoms in total. The van der Waals surface area contributed by atoms with Crippen molar-refractivity contribution in [2.75, 3.05) is 0 Å². The maximum atomic E-state index is 12.8. The van der Waals surface area contributed by atoms with Gasteiger partial charge in [0.1, 0.15) is 0 Å². The van der Waals surface area contributed by atoms with Crippen LogP contribution in [0.15, 0.2) is 98.0 Å². The van der Waals surface area contributed by atoms with Crippen molar-refractivity contribution in [1.82, 2.24) is 4.72 Å². The van der Waals surface area contributed by atoms with Gasteiger partial charge in [-0.2, -0.15) is 0 Å². The van der Waals surface area contributed by atoms with E-state index in [9.17, 15) is 16.8 Å². The number of benzene rings is 3. The van der Waals surface area contributed by atoms with E-state index >= 15 is 0 Å². The fourth-order valence-corrected chi connectivity index (χ4v) is 5.12. The molecule has 0 saturated carbocycles. The summed E-state index contributed by atoms with van der Waals surface area (Å²) in [5.74, 6) is 0. The number of nitrogens with one attached hydrogen (secondary N) is 1. The van der Waals surface area contributed by atoms with Gasteiger partial charge in [0.25, 0.3) is 0 Å². The lowest BCUT2D eigenvalue weighted by Gasteiger charge is -2.09. The van der Waals surface area contributed by atoms with E-state index in [0.29, 0.717) is 0 Å². The van der Waals surface area contributed by atoms with Gasteiger partial charge in [0.05, 0.1) is 14.7 Å². The first-order chi connectivity index (χ1) is 12.8. The van der Waals surface area contributed by atoms with Crippen LogP contribution in [0.25, 0.3) is 0 Å². The van der Waals surface area contributed by atoms with Crippen LogP contribution in [0, 0.1) is 0 Å². The Labute approximate surface area is 167 Å². The largest absolute Gasteiger partial charge is 0.240 e. The monoisotopic (exact) mass is 465 g/mol. The molecule has 0 unspecified atom stereocenters. The van der Waals surface area contributed by atoms with E-state index in [0.717, 1.165) is 10.0 Å². The molecule has 0 spiro atoms. The molecule has 0 amide bonds. The molecular formula is C19H16BrNO4S2. The van der Waals surface area contributed by atoms with E-state index in [4.69, 9.17) is 0 Å². The van der Waals surface area contributed by atoms with E-state index in [2.05, 4.69) is 20.7 Å². The second kappa shape index (κ2) is 7.93. The zero-order chi connectivity index (χ0) is 19.5. The molecular weight excluding hydrogens is 450 g/mol. The molecule has 0 fully saturated rings. The van der Waals surface area contributed by atoms with Crippen LogP contribution in [0.1, 0.15) is 5.56 Å². The molecule has 0 atom stereocenters. The lowest BCUT2D eigenvalue weighted by atomic mass is 10.2. The first-order valence-electron chi connectivity index (χ1n) is 7.93. The van der Waals surface area contributed by atoms with Crippen LogP contribution >= 0.6 is 15.9 Å². The molecule has 0 saturated heterocycles. The summed E-state index contributed by atoms with van der Waals surface area (Å²) in [6, 6.07) is 20.6. The fraction of sp³-hybridized carbons (Fsp3) is 0.0526. The molecule has 0 aliphatic heterocycles. The lowest BCUT2D eigenvalue weighted by molar-refractivity contribution is 0.581. The minimum atomic E-state index is -3.85. The van der Waals surface area contributed by atoms with E-state index in [1.54, 1.807) is 24.3 Å². The average molecular weight is 466 g/mol. The fourth-order valence-electron chi connectivity index (χ4n) is 2.42. The number of sulfonamides is 1. The molecule has 0 aromatic heterocycles. The van der Waals surface area contributed by atoms with Crippen molar-refractivity contribution in [3.8, 4) is 0 Å². The Morgan fingerprint density at radius 1 is 0.704 bits per heavy atom. The zero-order valence-electron chi connectivity index (χ0n) is 14.0. The van der Waals surface area contributed by atoms with E-state index < -0.39 is 19.9 Å². The number of sulfone groups is 1. The van der Waals surface area contributed by atoms with Gasteiger partial charge in [0.15, 0.2) is 0 Å². The maximum Gasteiger partial charge on any atom is 0.240 e. The summed E-state index contributed by atoms with van der Waals surface area (Å²) in [4.78, 5) is -0.0819. The van der Waals surface area contributed by atoms with E-state index in [1.807, 2.05) is 18.2 Å². The normalized spacial score (nSPS) is 12.0. The first kappa shape index (κ1) is 19.8. The summed E-state index contributed by atoms with van der Waals surface area (Å²) in [6.07, 6.45) is 0. The first-order valence-corrected chi connectivity index (χ1v) is 11.7. The molecule has 0 bridgehead atoms. The van der Waals surface area contributed by atoms with Crippen molar-refractivity contribution in [3.05, 3.63) is 88.9 Å². The third-order valence-electron chi connectivity index (χ3n) is 3.86. The molecule has 3 aromatic rings. The number of hydrogen-bond donors (Lipinski definition) is 1. The van der Waals surface area contributed by atoms with Gasteiger partial charge in [0, 0.05) is 11.0 Å². The molecule has 1 N–H and O–H groups in total. The third kappa shape index (κ3) is 4.65. The van der Waals surface area contributed by atoms with E-state index in [1.165, 1.54) is 36.4 Å². The van der Waals surface area contributed by atoms with Crippen molar-refractivity contribution in [3.63, 3.8) is 0 Å². The van der Waals surface area contributed by atoms with Crippen molar-refractivity contribution >= 4 is 35.8 Å². The van der Waals surface area contributed by atoms with Gasteiger partial charge in [0.2, 0.25) is 19.9 Å². The highest BCUT2D eigenvalue weighted by Gasteiger charge is 2.21. The number of halogens is 1.